The van der Waals surface area contributed by atoms with Crippen LogP contribution >= 0.6 is 0 Å². The van der Waals surface area contributed by atoms with Crippen LogP contribution in [-0.2, 0) is 0 Å². The van der Waals surface area contributed by atoms with Crippen LogP contribution in [0.25, 0.3) is 22.3 Å². The zero-order valence-electron chi connectivity index (χ0n) is 12.2. The Balaban J connectivity index is 1.77. The number of nitrogens with one attached hydrogen (secondary N) is 2. The molecule has 1 saturated carbocycles. The number of hydrogen-bond donors (Lipinski definition) is 4. The number of aromatic amines is 1. The van der Waals surface area contributed by atoms with Crippen LogP contribution < -0.4 is 11.1 Å². The fraction of sp³-hybridized carbons (Fsp3) is 0.188. The molecule has 0 saturated heterocycles. The van der Waals surface area contributed by atoms with Crippen LogP contribution in [0.4, 0.5) is 0 Å². The van der Waals surface area contributed by atoms with Gasteiger partial charge in [-0.05, 0) is 36.8 Å². The van der Waals surface area contributed by atoms with E-state index in [9.17, 15) is 9.90 Å². The Morgan fingerprint density at radius 3 is 2.78 bits per heavy atom. The monoisotopic (exact) mass is 309 g/mol. The van der Waals surface area contributed by atoms with Gasteiger partial charge in [-0.2, -0.15) is 5.10 Å². The number of nitrogens with zero attached hydrogens (tertiary/aromatic N) is 2. The van der Waals surface area contributed by atoms with E-state index in [2.05, 4.69) is 20.5 Å². The van der Waals surface area contributed by atoms with Gasteiger partial charge in [0, 0.05) is 17.6 Å². The Morgan fingerprint density at radius 1 is 1.35 bits per heavy atom. The lowest BCUT2D eigenvalue weighted by atomic mass is 10.1. The summed E-state index contributed by atoms with van der Waals surface area (Å²) in [6.45, 7) is 0. The Labute approximate surface area is 131 Å². The Kier molecular flexibility index (Phi) is 3.02. The third-order valence-corrected chi connectivity index (χ3v) is 3.99. The second kappa shape index (κ2) is 5.06. The van der Waals surface area contributed by atoms with Gasteiger partial charge in [0.05, 0.1) is 22.8 Å². The van der Waals surface area contributed by atoms with E-state index in [4.69, 9.17) is 5.73 Å². The van der Waals surface area contributed by atoms with Crippen molar-refractivity contribution >= 4 is 16.9 Å². The van der Waals surface area contributed by atoms with Crippen molar-refractivity contribution in [2.75, 3.05) is 0 Å². The number of carbonyl (C=O) groups is 1. The van der Waals surface area contributed by atoms with Crippen molar-refractivity contribution < 1.29 is 9.90 Å². The van der Waals surface area contributed by atoms with Gasteiger partial charge in [-0.25, -0.2) is 4.98 Å². The van der Waals surface area contributed by atoms with E-state index in [1.54, 1.807) is 36.5 Å². The summed E-state index contributed by atoms with van der Waals surface area (Å²) in [5.74, 6) is -0.00571. The SMILES string of the molecule is N[C@H]1C[C@@H]1NC(=O)c1cc(-c2ccc(O)cc2)nc2[nH]ncc12. The molecule has 0 spiro atoms. The van der Waals surface area contributed by atoms with Crippen molar-refractivity contribution in [2.45, 2.75) is 18.5 Å². The Morgan fingerprint density at radius 2 is 2.09 bits per heavy atom. The van der Waals surface area contributed by atoms with Crippen molar-refractivity contribution in [1.82, 2.24) is 20.5 Å². The van der Waals surface area contributed by atoms with Crippen LogP contribution in [0.5, 0.6) is 5.75 Å². The van der Waals surface area contributed by atoms with E-state index in [1.807, 2.05) is 0 Å². The molecular formula is C16H15N5O2. The molecular weight excluding hydrogens is 294 g/mol. The van der Waals surface area contributed by atoms with E-state index in [1.165, 1.54) is 0 Å². The number of phenols is 1. The summed E-state index contributed by atoms with van der Waals surface area (Å²) in [5, 5.41) is 19.8. The zero-order chi connectivity index (χ0) is 16.0. The third-order valence-electron chi connectivity index (χ3n) is 3.99. The number of phenolic OH excluding ortho intramolecular Hbond substituents is 1. The van der Waals surface area contributed by atoms with Crippen LogP contribution in [0.2, 0.25) is 0 Å². The molecule has 1 aliphatic rings. The third kappa shape index (κ3) is 2.51. The maximum Gasteiger partial charge on any atom is 0.252 e. The molecule has 23 heavy (non-hydrogen) atoms. The highest BCUT2D eigenvalue weighted by Crippen LogP contribution is 2.26. The number of fused-ring (bicyclic) bond motifs is 1. The quantitative estimate of drug-likeness (QED) is 0.579. The minimum absolute atomic E-state index is 0.0368. The number of H-pyrrole nitrogens is 1. The van der Waals surface area contributed by atoms with E-state index in [0.29, 0.717) is 22.3 Å². The molecule has 1 fully saturated rings. The number of benzene rings is 1. The molecule has 0 bridgehead atoms. The molecule has 2 heterocycles. The molecule has 7 nitrogen and oxygen atoms in total. The summed E-state index contributed by atoms with van der Waals surface area (Å²) in [4.78, 5) is 17.0. The highest BCUT2D eigenvalue weighted by Gasteiger charge is 2.35. The van der Waals surface area contributed by atoms with Crippen LogP contribution in [0.15, 0.2) is 36.5 Å². The first-order valence-electron chi connectivity index (χ1n) is 7.32. The van der Waals surface area contributed by atoms with Crippen molar-refractivity contribution in [1.29, 1.82) is 0 Å². The maximum absolute atomic E-state index is 12.5. The fourth-order valence-electron chi connectivity index (χ4n) is 2.52. The number of nitrogens with two attached hydrogens (primary N) is 1. The van der Waals surface area contributed by atoms with Crippen LogP contribution in [0.3, 0.4) is 0 Å². The first-order valence-corrected chi connectivity index (χ1v) is 7.32. The first-order chi connectivity index (χ1) is 11.1. The molecule has 7 heteroatoms. The summed E-state index contributed by atoms with van der Waals surface area (Å²) in [6, 6.07) is 8.46. The first kappa shape index (κ1) is 13.7. The summed E-state index contributed by atoms with van der Waals surface area (Å²) in [6.07, 6.45) is 2.39. The predicted molar refractivity (Wildman–Crippen MR) is 84.8 cm³/mol. The van der Waals surface area contributed by atoms with E-state index < -0.39 is 0 Å². The summed E-state index contributed by atoms with van der Waals surface area (Å²) >= 11 is 0. The van der Waals surface area contributed by atoms with E-state index in [0.717, 1.165) is 12.0 Å². The average molecular weight is 309 g/mol. The topological polar surface area (TPSA) is 117 Å². The molecule has 5 N–H and O–H groups in total. The lowest BCUT2D eigenvalue weighted by Crippen LogP contribution is -2.29. The summed E-state index contributed by atoms with van der Waals surface area (Å²) < 4.78 is 0. The van der Waals surface area contributed by atoms with E-state index in [-0.39, 0.29) is 23.7 Å². The van der Waals surface area contributed by atoms with Crippen LogP contribution in [0, 0.1) is 0 Å². The van der Waals surface area contributed by atoms with Crippen LogP contribution in [0.1, 0.15) is 16.8 Å². The van der Waals surface area contributed by atoms with Crippen molar-refractivity contribution in [2.24, 2.45) is 5.73 Å². The van der Waals surface area contributed by atoms with Gasteiger partial charge in [0.15, 0.2) is 5.65 Å². The van der Waals surface area contributed by atoms with Crippen molar-refractivity contribution in [3.05, 3.63) is 42.1 Å². The van der Waals surface area contributed by atoms with Gasteiger partial charge in [-0.1, -0.05) is 0 Å². The fourth-order valence-corrected chi connectivity index (χ4v) is 2.52. The zero-order valence-corrected chi connectivity index (χ0v) is 12.2. The molecule has 2 atom stereocenters. The molecule has 1 aliphatic carbocycles. The number of aromatic nitrogens is 3. The number of aromatic hydroxyl groups is 1. The minimum Gasteiger partial charge on any atom is -0.508 e. The van der Waals surface area contributed by atoms with Gasteiger partial charge in [0.2, 0.25) is 0 Å². The van der Waals surface area contributed by atoms with Gasteiger partial charge >= 0.3 is 0 Å². The molecule has 1 amide bonds. The summed E-state index contributed by atoms with van der Waals surface area (Å²) in [7, 11) is 0. The molecule has 3 aromatic rings. The summed E-state index contributed by atoms with van der Waals surface area (Å²) in [5.41, 5.74) is 8.23. The molecule has 116 valence electrons. The molecule has 1 aromatic carbocycles. The number of rotatable bonds is 3. The molecule has 2 aromatic heterocycles. The largest absolute Gasteiger partial charge is 0.508 e. The lowest BCUT2D eigenvalue weighted by molar-refractivity contribution is 0.0952. The van der Waals surface area contributed by atoms with Gasteiger partial charge in [0.1, 0.15) is 5.75 Å². The average Bonchev–Trinajstić information content (AvgIpc) is 3.04. The van der Waals surface area contributed by atoms with Gasteiger partial charge in [-0.3, -0.25) is 9.89 Å². The predicted octanol–water partition coefficient (Wildman–Crippen LogP) is 1.16. The second-order valence-electron chi connectivity index (χ2n) is 5.71. The number of carbonyl (C=O) groups excluding carboxylic acids is 1. The number of pyridine rings is 1. The Bertz CT molecular complexity index is 887. The van der Waals surface area contributed by atoms with E-state index >= 15 is 0 Å². The lowest BCUT2D eigenvalue weighted by Gasteiger charge is -2.08. The Hall–Kier alpha value is -2.93. The standard InChI is InChI=1S/C16H15N5O2/c17-12-6-14(12)20-16(23)10-5-13(8-1-3-9(22)4-2-8)19-15-11(10)7-18-21-15/h1-5,7,12,14,22H,6,17H2,(H,20,23)(H,18,19,21)/t12-,14-/m0/s1. The van der Waals surface area contributed by atoms with Gasteiger partial charge < -0.3 is 16.2 Å². The van der Waals surface area contributed by atoms with Crippen molar-refractivity contribution in [3.63, 3.8) is 0 Å². The normalized spacial score (nSPS) is 19.7. The molecule has 0 radical (unpaired) electrons. The molecule has 4 rings (SSSR count). The molecule has 0 aliphatic heterocycles. The smallest absolute Gasteiger partial charge is 0.252 e. The van der Waals surface area contributed by atoms with Crippen molar-refractivity contribution in [3.8, 4) is 17.0 Å². The molecule has 0 unspecified atom stereocenters. The highest BCUT2D eigenvalue weighted by atomic mass is 16.3. The number of hydrogen-bond acceptors (Lipinski definition) is 5. The minimum atomic E-state index is -0.184. The second-order valence-corrected chi connectivity index (χ2v) is 5.71. The highest BCUT2D eigenvalue weighted by molar-refractivity contribution is 6.06. The van der Waals surface area contributed by atoms with Crippen LogP contribution in [-0.4, -0.2) is 38.3 Å². The number of amides is 1. The van der Waals surface area contributed by atoms with Gasteiger partial charge in [0.25, 0.3) is 5.91 Å². The maximum atomic E-state index is 12.5. The van der Waals surface area contributed by atoms with Gasteiger partial charge in [-0.15, -0.1) is 0 Å².